The molecule has 8 nitrogen and oxygen atoms in total. The second-order valence-electron chi connectivity index (χ2n) is 7.06. The van der Waals surface area contributed by atoms with E-state index in [1.165, 1.54) is 23.9 Å². The normalized spacial score (nSPS) is 20.4. The third kappa shape index (κ3) is 5.22. The van der Waals surface area contributed by atoms with E-state index >= 15 is 0 Å². The number of aliphatic hydroxyl groups excluding tert-OH is 1. The van der Waals surface area contributed by atoms with Crippen LogP contribution in [0.15, 0.2) is 27.7 Å². The number of benzene rings is 1. The van der Waals surface area contributed by atoms with E-state index in [1.807, 2.05) is 0 Å². The number of esters is 1. The van der Waals surface area contributed by atoms with Crippen LogP contribution in [-0.4, -0.2) is 51.2 Å². The molecule has 1 fully saturated rings. The summed E-state index contributed by atoms with van der Waals surface area (Å²) in [6.07, 6.45) is 1.10. The molecule has 2 N–H and O–H groups in total. The molecule has 0 radical (unpaired) electrons. The van der Waals surface area contributed by atoms with Crippen LogP contribution in [0.25, 0.3) is 10.9 Å². The number of halogens is 2. The summed E-state index contributed by atoms with van der Waals surface area (Å²) >= 11 is 9.36. The van der Waals surface area contributed by atoms with Gasteiger partial charge in [-0.2, -0.15) is 0 Å². The predicted molar refractivity (Wildman–Crippen MR) is 111 cm³/mol. The first-order chi connectivity index (χ1) is 13.8. The van der Waals surface area contributed by atoms with E-state index in [2.05, 4.69) is 26.2 Å². The third-order valence-electron chi connectivity index (χ3n) is 4.79. The third-order valence-corrected chi connectivity index (χ3v) is 5.99. The molecule has 156 valence electrons. The summed E-state index contributed by atoms with van der Waals surface area (Å²) in [5, 5.41) is 13.2. The first kappa shape index (κ1) is 21.9. The Bertz CT molecular complexity index is 994. The number of rotatable bonds is 6. The Morgan fingerprint density at radius 3 is 2.97 bits per heavy atom. The maximum absolute atomic E-state index is 12.7. The van der Waals surface area contributed by atoms with Crippen molar-refractivity contribution in [1.29, 1.82) is 0 Å². The molecule has 0 saturated carbocycles. The number of hydrogen-bond donors (Lipinski definition) is 2. The van der Waals surface area contributed by atoms with Gasteiger partial charge in [0.15, 0.2) is 5.78 Å². The van der Waals surface area contributed by atoms with Crippen LogP contribution < -0.4 is 10.9 Å². The molecule has 10 heteroatoms. The highest BCUT2D eigenvalue weighted by Crippen LogP contribution is 2.25. The lowest BCUT2D eigenvalue weighted by Gasteiger charge is -2.32. The second kappa shape index (κ2) is 9.34. The second-order valence-corrected chi connectivity index (χ2v) is 8.32. The van der Waals surface area contributed by atoms with Crippen LogP contribution in [0.2, 0.25) is 5.02 Å². The number of piperidine rings is 1. The van der Waals surface area contributed by atoms with Gasteiger partial charge in [-0.25, -0.2) is 9.78 Å². The molecule has 0 spiro atoms. The van der Waals surface area contributed by atoms with Gasteiger partial charge in [-0.1, -0.05) is 11.6 Å². The van der Waals surface area contributed by atoms with Crippen LogP contribution in [0, 0.1) is 0 Å². The van der Waals surface area contributed by atoms with E-state index in [0.29, 0.717) is 33.4 Å². The lowest BCUT2D eigenvalue weighted by atomic mass is 9.96. The van der Waals surface area contributed by atoms with Gasteiger partial charge in [0.1, 0.15) is 12.2 Å². The summed E-state index contributed by atoms with van der Waals surface area (Å²) in [4.78, 5) is 41.2. The predicted octanol–water partition coefficient (Wildman–Crippen LogP) is 1.82. The lowest BCUT2D eigenvalue weighted by Crippen LogP contribution is -2.49. The molecule has 2 aromatic rings. The average Bonchev–Trinajstić information content (AvgIpc) is 2.67. The minimum atomic E-state index is -1.22. The number of ether oxygens (including phenoxy) is 1. The molecular formula is C19H21BrClN3O5. The molecule has 1 aromatic heterocycles. The number of nitrogens with one attached hydrogen (secondary N) is 1. The Morgan fingerprint density at radius 2 is 2.24 bits per heavy atom. The van der Waals surface area contributed by atoms with E-state index in [-0.39, 0.29) is 30.3 Å². The fraction of sp³-hybridized carbons (Fsp3) is 0.474. The zero-order valence-electron chi connectivity index (χ0n) is 15.7. The number of nitrogens with zero attached hydrogens (tertiary/aromatic N) is 2. The van der Waals surface area contributed by atoms with Gasteiger partial charge in [0.25, 0.3) is 5.56 Å². The minimum Gasteiger partial charge on any atom is -0.459 e. The molecule has 29 heavy (non-hydrogen) atoms. The summed E-state index contributed by atoms with van der Waals surface area (Å²) < 4.78 is 7.20. The fourth-order valence-corrected chi connectivity index (χ4v) is 3.78. The molecule has 1 aliphatic heterocycles. The van der Waals surface area contributed by atoms with Gasteiger partial charge in [-0.15, -0.1) is 0 Å². The molecule has 0 aliphatic carbocycles. The molecule has 1 unspecified atom stereocenters. The van der Waals surface area contributed by atoms with Crippen LogP contribution in [0.4, 0.5) is 0 Å². The van der Waals surface area contributed by atoms with Gasteiger partial charge in [-0.05, 0) is 54.4 Å². The molecule has 0 bridgehead atoms. The van der Waals surface area contributed by atoms with Crippen molar-refractivity contribution in [3.05, 3.63) is 38.3 Å². The Balaban J connectivity index is 1.72. The number of ketones is 1. The first-order valence-corrected chi connectivity index (χ1v) is 10.4. The fourth-order valence-electron chi connectivity index (χ4n) is 3.28. The van der Waals surface area contributed by atoms with Crippen LogP contribution in [0.5, 0.6) is 0 Å². The SMILES string of the molecule is CC(O)C(=O)O[C@@H]1CCCN[C@H]1CC(=O)Cn1cnc2cc(Br)c(Cl)cc2c1=O. The van der Waals surface area contributed by atoms with Gasteiger partial charge in [0, 0.05) is 10.9 Å². The van der Waals surface area contributed by atoms with Crippen LogP contribution in [-0.2, 0) is 20.9 Å². The van der Waals surface area contributed by atoms with Crippen molar-refractivity contribution >= 4 is 50.2 Å². The number of hydrogen-bond acceptors (Lipinski definition) is 7. The van der Waals surface area contributed by atoms with Gasteiger partial charge in [0.05, 0.1) is 34.8 Å². The Hall–Kier alpha value is -1.81. The summed E-state index contributed by atoms with van der Waals surface area (Å²) in [7, 11) is 0. The molecule has 1 aromatic carbocycles. The van der Waals surface area contributed by atoms with Crippen molar-refractivity contribution in [3.8, 4) is 0 Å². The van der Waals surface area contributed by atoms with E-state index < -0.39 is 18.2 Å². The minimum absolute atomic E-state index is 0.0866. The maximum Gasteiger partial charge on any atom is 0.334 e. The number of fused-ring (bicyclic) bond motifs is 1. The van der Waals surface area contributed by atoms with Gasteiger partial charge in [0.2, 0.25) is 0 Å². The number of carbonyl (C=O) groups excluding carboxylic acids is 2. The number of Topliss-reactive ketones (excluding diaryl/α,β-unsaturated/α-hetero) is 1. The van der Waals surface area contributed by atoms with Gasteiger partial charge >= 0.3 is 5.97 Å². The van der Waals surface area contributed by atoms with Crippen molar-refractivity contribution < 1.29 is 19.4 Å². The first-order valence-electron chi connectivity index (χ1n) is 9.24. The summed E-state index contributed by atoms with van der Waals surface area (Å²) in [5.74, 6) is -0.914. The molecule has 2 heterocycles. The van der Waals surface area contributed by atoms with Crippen LogP contribution in [0.1, 0.15) is 26.2 Å². The Labute approximate surface area is 180 Å². The monoisotopic (exact) mass is 485 g/mol. The van der Waals surface area contributed by atoms with Gasteiger partial charge < -0.3 is 15.2 Å². The van der Waals surface area contributed by atoms with Crippen molar-refractivity contribution in [2.45, 2.75) is 51.0 Å². The summed E-state index contributed by atoms with van der Waals surface area (Å²) in [5.41, 5.74) is 0.125. The highest BCUT2D eigenvalue weighted by molar-refractivity contribution is 9.10. The summed E-state index contributed by atoms with van der Waals surface area (Å²) in [6, 6.07) is 2.80. The number of aromatic nitrogens is 2. The molecule has 1 aliphatic rings. The number of carbonyl (C=O) groups is 2. The van der Waals surface area contributed by atoms with Crippen LogP contribution in [0.3, 0.4) is 0 Å². The van der Waals surface area contributed by atoms with Crippen molar-refractivity contribution in [3.63, 3.8) is 0 Å². The largest absolute Gasteiger partial charge is 0.459 e. The quantitative estimate of drug-likeness (QED) is 0.599. The highest BCUT2D eigenvalue weighted by atomic mass is 79.9. The average molecular weight is 487 g/mol. The van der Waals surface area contributed by atoms with E-state index in [0.717, 1.165) is 6.42 Å². The molecule has 1 saturated heterocycles. The zero-order valence-corrected chi connectivity index (χ0v) is 18.1. The topological polar surface area (TPSA) is 111 Å². The molecule has 3 atom stereocenters. The van der Waals surface area contributed by atoms with Gasteiger partial charge in [-0.3, -0.25) is 14.2 Å². The van der Waals surface area contributed by atoms with Crippen molar-refractivity contribution in [2.24, 2.45) is 0 Å². The lowest BCUT2D eigenvalue weighted by molar-refractivity contribution is -0.161. The molecular weight excluding hydrogens is 466 g/mol. The van der Waals surface area contributed by atoms with E-state index in [4.69, 9.17) is 16.3 Å². The van der Waals surface area contributed by atoms with E-state index in [9.17, 15) is 19.5 Å². The Kier molecular flexibility index (Phi) is 7.05. The maximum atomic E-state index is 12.7. The summed E-state index contributed by atoms with van der Waals surface area (Å²) in [6.45, 7) is 1.89. The van der Waals surface area contributed by atoms with Crippen molar-refractivity contribution in [1.82, 2.24) is 14.9 Å². The highest BCUT2D eigenvalue weighted by Gasteiger charge is 2.30. The smallest absolute Gasteiger partial charge is 0.334 e. The van der Waals surface area contributed by atoms with E-state index in [1.54, 1.807) is 6.07 Å². The van der Waals surface area contributed by atoms with Crippen molar-refractivity contribution in [2.75, 3.05) is 6.54 Å². The van der Waals surface area contributed by atoms with Crippen LogP contribution >= 0.6 is 27.5 Å². The standard InChI is InChI=1S/C19H21BrClN3O5/c1-10(25)19(28)29-17-3-2-4-22-16(17)5-11(26)8-24-9-23-15-7-13(20)14(21)6-12(15)18(24)27/h6-7,9-10,16-17,22,25H,2-5,8H2,1H3/t10?,16-,17+/m0/s1. The molecule has 0 amide bonds. The zero-order chi connectivity index (χ0) is 21.1. The molecule has 3 rings (SSSR count). The number of aliphatic hydroxyl groups is 1. The Morgan fingerprint density at radius 1 is 1.48 bits per heavy atom.